The van der Waals surface area contributed by atoms with E-state index in [2.05, 4.69) is 5.32 Å². The van der Waals surface area contributed by atoms with Gasteiger partial charge in [-0.25, -0.2) is 17.4 Å². The number of hydrogen-bond donors (Lipinski definition) is 1. The Labute approximate surface area is 199 Å². The standard InChI is InChI=1S/C25H30N4O4S/c1-18-8-7-9-20(16-18)17-34(32,33)28-14-12-21(13-15-28)24(30)26-23-19(2)27(3)29(25(23)31)22-10-5-4-6-11-22/h4-11,16,21H,12-15,17H2,1-3H3,(H,26,30). The summed E-state index contributed by atoms with van der Waals surface area (Å²) in [4.78, 5) is 26.0. The number of carbonyl (C=O) groups is 1. The van der Waals surface area contributed by atoms with Gasteiger partial charge in [-0.1, -0.05) is 48.0 Å². The van der Waals surface area contributed by atoms with Crippen LogP contribution >= 0.6 is 0 Å². The zero-order valence-electron chi connectivity index (χ0n) is 19.7. The molecule has 180 valence electrons. The zero-order valence-corrected chi connectivity index (χ0v) is 20.5. The number of nitrogens with zero attached hydrogens (tertiary/aromatic N) is 3. The first kappa shape index (κ1) is 24.0. The Balaban J connectivity index is 1.42. The quantitative estimate of drug-likeness (QED) is 0.585. The number of rotatable bonds is 6. The fourth-order valence-corrected chi connectivity index (χ4v) is 5.99. The van der Waals surface area contributed by atoms with Crippen molar-refractivity contribution in [1.82, 2.24) is 13.7 Å². The second kappa shape index (κ2) is 9.60. The molecule has 8 nitrogen and oxygen atoms in total. The summed E-state index contributed by atoms with van der Waals surface area (Å²) in [6, 6.07) is 16.7. The summed E-state index contributed by atoms with van der Waals surface area (Å²) in [7, 11) is -1.69. The molecule has 4 rings (SSSR count). The summed E-state index contributed by atoms with van der Waals surface area (Å²) >= 11 is 0. The highest BCUT2D eigenvalue weighted by Gasteiger charge is 2.32. The van der Waals surface area contributed by atoms with Crippen LogP contribution in [0.4, 0.5) is 5.69 Å². The van der Waals surface area contributed by atoms with Gasteiger partial charge in [0.25, 0.3) is 5.56 Å². The molecule has 0 spiro atoms. The first-order chi connectivity index (χ1) is 16.2. The Bertz CT molecular complexity index is 1350. The maximum absolute atomic E-state index is 13.1. The molecule has 0 radical (unpaired) electrons. The SMILES string of the molecule is Cc1cccc(CS(=O)(=O)N2CCC(C(=O)Nc3c(C)n(C)n(-c4ccccc4)c3=O)CC2)c1. The van der Waals surface area contributed by atoms with Gasteiger partial charge in [0.1, 0.15) is 5.69 Å². The van der Waals surface area contributed by atoms with E-state index in [0.717, 1.165) is 11.1 Å². The molecule has 9 heteroatoms. The van der Waals surface area contributed by atoms with Gasteiger partial charge in [0, 0.05) is 26.1 Å². The molecule has 1 amide bonds. The molecule has 0 atom stereocenters. The van der Waals surface area contributed by atoms with Crippen molar-refractivity contribution in [3.8, 4) is 5.69 Å². The number of amides is 1. The Morgan fingerprint density at radius 2 is 1.71 bits per heavy atom. The van der Waals surface area contributed by atoms with E-state index in [1.54, 1.807) is 18.7 Å². The number of aryl methyl sites for hydroxylation is 1. The third-order valence-corrected chi connectivity index (χ3v) is 8.30. The van der Waals surface area contributed by atoms with Crippen LogP contribution in [0.1, 0.15) is 29.7 Å². The van der Waals surface area contributed by atoms with Gasteiger partial charge in [0.15, 0.2) is 0 Å². The van der Waals surface area contributed by atoms with Crippen molar-refractivity contribution in [2.75, 3.05) is 18.4 Å². The summed E-state index contributed by atoms with van der Waals surface area (Å²) in [6.07, 6.45) is 0.829. The molecule has 2 heterocycles. The highest BCUT2D eigenvalue weighted by molar-refractivity contribution is 7.88. The molecule has 0 bridgehead atoms. The number of piperidine rings is 1. The van der Waals surface area contributed by atoms with Crippen molar-refractivity contribution in [3.63, 3.8) is 0 Å². The summed E-state index contributed by atoms with van der Waals surface area (Å²) < 4.78 is 30.5. The van der Waals surface area contributed by atoms with Crippen molar-refractivity contribution in [1.29, 1.82) is 0 Å². The zero-order chi connectivity index (χ0) is 24.5. The van der Waals surface area contributed by atoms with Crippen LogP contribution in [0.5, 0.6) is 0 Å². The first-order valence-electron chi connectivity index (χ1n) is 11.4. The van der Waals surface area contributed by atoms with E-state index in [-0.39, 0.29) is 41.9 Å². The highest BCUT2D eigenvalue weighted by Crippen LogP contribution is 2.24. The number of anilines is 1. The van der Waals surface area contributed by atoms with Crippen LogP contribution in [0.25, 0.3) is 5.69 Å². The fraction of sp³-hybridized carbons (Fsp3) is 0.360. The summed E-state index contributed by atoms with van der Waals surface area (Å²) in [5.41, 5.74) is 3.11. The number of carbonyl (C=O) groups excluding carboxylic acids is 1. The maximum Gasteiger partial charge on any atom is 0.295 e. The fourth-order valence-electron chi connectivity index (χ4n) is 4.44. The smallest absolute Gasteiger partial charge is 0.295 e. The van der Waals surface area contributed by atoms with Crippen LogP contribution in [-0.4, -0.2) is 41.1 Å². The summed E-state index contributed by atoms with van der Waals surface area (Å²) in [5.74, 6) is -0.648. The Kier molecular flexibility index (Phi) is 6.77. The number of para-hydroxylation sites is 1. The lowest BCUT2D eigenvalue weighted by Crippen LogP contribution is -2.42. The molecule has 34 heavy (non-hydrogen) atoms. The number of hydrogen-bond acceptors (Lipinski definition) is 4. The van der Waals surface area contributed by atoms with Gasteiger partial charge < -0.3 is 5.32 Å². The Morgan fingerprint density at radius 3 is 2.35 bits per heavy atom. The molecule has 2 aromatic carbocycles. The van der Waals surface area contributed by atoms with Crippen molar-refractivity contribution >= 4 is 21.6 Å². The maximum atomic E-state index is 13.1. The normalized spacial score (nSPS) is 15.4. The molecule has 0 aliphatic carbocycles. The van der Waals surface area contributed by atoms with Crippen LogP contribution in [0, 0.1) is 19.8 Å². The molecular formula is C25H30N4O4S. The molecule has 1 aliphatic heterocycles. The first-order valence-corrected chi connectivity index (χ1v) is 13.0. The number of nitrogens with one attached hydrogen (secondary N) is 1. The van der Waals surface area contributed by atoms with E-state index in [1.807, 2.05) is 61.5 Å². The van der Waals surface area contributed by atoms with Crippen LogP contribution < -0.4 is 10.9 Å². The lowest BCUT2D eigenvalue weighted by Gasteiger charge is -2.30. The molecular weight excluding hydrogens is 452 g/mol. The van der Waals surface area contributed by atoms with Gasteiger partial charge in [-0.2, -0.15) is 0 Å². The van der Waals surface area contributed by atoms with Gasteiger partial charge >= 0.3 is 0 Å². The molecule has 3 aromatic rings. The third-order valence-electron chi connectivity index (χ3n) is 6.45. The minimum atomic E-state index is -3.46. The van der Waals surface area contributed by atoms with Crippen LogP contribution in [0.15, 0.2) is 59.4 Å². The largest absolute Gasteiger partial charge is 0.320 e. The van der Waals surface area contributed by atoms with Crippen molar-refractivity contribution in [3.05, 3.63) is 81.8 Å². The van der Waals surface area contributed by atoms with Gasteiger partial charge in [-0.15, -0.1) is 0 Å². The molecule has 1 saturated heterocycles. The van der Waals surface area contributed by atoms with Crippen molar-refractivity contribution < 1.29 is 13.2 Å². The lowest BCUT2D eigenvalue weighted by atomic mass is 9.97. The van der Waals surface area contributed by atoms with Gasteiger partial charge in [0.05, 0.1) is 17.1 Å². The molecule has 0 saturated carbocycles. The van der Waals surface area contributed by atoms with Crippen molar-refractivity contribution in [2.24, 2.45) is 13.0 Å². The van der Waals surface area contributed by atoms with E-state index < -0.39 is 10.0 Å². The highest BCUT2D eigenvalue weighted by atomic mass is 32.2. The second-order valence-electron chi connectivity index (χ2n) is 8.84. The molecule has 1 aliphatic rings. The molecule has 1 aromatic heterocycles. The monoisotopic (exact) mass is 482 g/mol. The van der Waals surface area contributed by atoms with E-state index >= 15 is 0 Å². The molecule has 1 N–H and O–H groups in total. The van der Waals surface area contributed by atoms with E-state index in [0.29, 0.717) is 24.2 Å². The predicted octanol–water partition coefficient (Wildman–Crippen LogP) is 2.97. The number of aromatic nitrogens is 2. The third kappa shape index (κ3) is 4.85. The van der Waals surface area contributed by atoms with Gasteiger partial charge in [0.2, 0.25) is 15.9 Å². The van der Waals surface area contributed by atoms with Crippen LogP contribution in [0.3, 0.4) is 0 Å². The van der Waals surface area contributed by atoms with Crippen LogP contribution in [0.2, 0.25) is 0 Å². The average molecular weight is 483 g/mol. The van der Waals surface area contributed by atoms with E-state index in [4.69, 9.17) is 0 Å². The number of sulfonamides is 1. The topological polar surface area (TPSA) is 93.4 Å². The predicted molar refractivity (Wildman–Crippen MR) is 132 cm³/mol. The minimum absolute atomic E-state index is 0.0478. The Morgan fingerprint density at radius 1 is 1.03 bits per heavy atom. The minimum Gasteiger partial charge on any atom is -0.320 e. The van der Waals surface area contributed by atoms with E-state index in [1.165, 1.54) is 8.99 Å². The van der Waals surface area contributed by atoms with Gasteiger partial charge in [-0.3, -0.25) is 14.3 Å². The Hall–Kier alpha value is -3.17. The van der Waals surface area contributed by atoms with Crippen LogP contribution in [-0.2, 0) is 27.6 Å². The lowest BCUT2D eigenvalue weighted by molar-refractivity contribution is -0.120. The number of benzene rings is 2. The second-order valence-corrected chi connectivity index (χ2v) is 10.8. The average Bonchev–Trinajstić information content (AvgIpc) is 3.02. The molecule has 1 fully saturated rings. The molecule has 0 unspecified atom stereocenters. The summed E-state index contributed by atoms with van der Waals surface area (Å²) in [5, 5.41) is 2.82. The summed E-state index contributed by atoms with van der Waals surface area (Å²) in [6.45, 7) is 4.29. The van der Waals surface area contributed by atoms with E-state index in [9.17, 15) is 18.0 Å². The van der Waals surface area contributed by atoms with Gasteiger partial charge in [-0.05, 0) is 44.4 Å². The van der Waals surface area contributed by atoms with Crippen molar-refractivity contribution in [2.45, 2.75) is 32.4 Å².